The Morgan fingerprint density at radius 2 is 0.845 bits per heavy atom. The van der Waals surface area contributed by atoms with Gasteiger partial charge in [-0.25, -0.2) is 4.85 Å². The smallest absolute Gasteiger partial charge is 0.870 e. The van der Waals surface area contributed by atoms with Gasteiger partial charge in [0.15, 0.2) is 5.69 Å². The molecule has 14 aromatic rings. The summed E-state index contributed by atoms with van der Waals surface area (Å²) in [5, 5.41) is 64.6. The number of halogens is 4. The van der Waals surface area contributed by atoms with Gasteiger partial charge in [0.05, 0.1) is 54.7 Å². The van der Waals surface area contributed by atoms with Gasteiger partial charge in [0.1, 0.15) is 14.2 Å². The minimum Gasteiger partial charge on any atom is -0.870 e. The van der Waals surface area contributed by atoms with Crippen LogP contribution in [0.1, 0.15) is 72.1 Å². The van der Waals surface area contributed by atoms with E-state index in [9.17, 15) is 19.5 Å². The average Bonchev–Trinajstić information content (AvgIpc) is 0.796. The number of rotatable bonds is 13. The summed E-state index contributed by atoms with van der Waals surface area (Å²) in [6, 6.07) is 67.3. The van der Waals surface area contributed by atoms with Gasteiger partial charge in [-0.05, 0) is 230 Å². The van der Waals surface area contributed by atoms with Crippen LogP contribution in [-0.2, 0) is 23.9 Å². The molecule has 14 rings (SSSR count). The second kappa shape index (κ2) is 45.6. The van der Waals surface area contributed by atoms with Crippen molar-refractivity contribution in [3.05, 3.63) is 301 Å². The summed E-state index contributed by atoms with van der Waals surface area (Å²) in [5.41, 5.74) is 8.85. The Hall–Kier alpha value is -9.84. The van der Waals surface area contributed by atoms with Crippen molar-refractivity contribution >= 4 is 197 Å². The second-order valence-electron chi connectivity index (χ2n) is 26.2. The minimum atomic E-state index is -1.45. The average molecular weight is 1900 g/mol. The fourth-order valence-corrected chi connectivity index (χ4v) is 14.4. The SMILES string of the molecule is Brc1ccc2cncc(I)c2c1.Brc1ccc2cnccc2c1.CC(C)(Sc1ccc2cncc(-c3ccc(C#N)cc3)c2c1)C(=O)O.CCOC(=O)C(C)(C)S.CCOC(=O)C(C)(C)Sc1ccc2cncc(-c3ccc(C#N)cc3)c2c1.N#Cc1ccc(-c2cncc3ccc(Br)cc23)cc1.[C-]#[N+]c1ccc(B(O)O)cc1.[Li+].[OH-]. The van der Waals surface area contributed by atoms with Crippen LogP contribution in [0.4, 0.5) is 5.69 Å². The molecular weight excluding hydrogens is 1820 g/mol. The number of carbonyl (C=O) groups is 3. The second-order valence-corrected chi connectivity index (χ2v) is 34.6. The fourth-order valence-electron chi connectivity index (χ4n) is 10.6. The van der Waals surface area contributed by atoms with Crippen LogP contribution in [0, 0.1) is 44.1 Å². The first-order valence-corrected chi connectivity index (χ1v) is 40.5. The fraction of sp³-hybridized carbons (Fsp3) is 0.146. The Kier molecular flexibility index (Phi) is 37.4. The van der Waals surface area contributed by atoms with Crippen molar-refractivity contribution in [2.75, 3.05) is 13.2 Å². The number of carbonyl (C=O) groups excluding carboxylic acids is 2. The monoisotopic (exact) mass is 1890 g/mol. The van der Waals surface area contributed by atoms with Gasteiger partial charge >= 0.3 is 43.9 Å². The molecule has 116 heavy (non-hydrogen) atoms. The first-order valence-electron chi connectivity index (χ1n) is 35.0. The molecular formula is C89H75BBr3ILiN9O9S3. The molecule has 0 aliphatic carbocycles. The quantitative estimate of drug-likeness (QED) is 0.0208. The number of esters is 2. The summed E-state index contributed by atoms with van der Waals surface area (Å²) in [4.78, 5) is 60.5. The van der Waals surface area contributed by atoms with E-state index in [-0.39, 0.29) is 36.3 Å². The molecule has 0 fully saturated rings. The first-order chi connectivity index (χ1) is 54.5. The maximum atomic E-state index is 12.2. The first kappa shape index (κ1) is 95.0. The van der Waals surface area contributed by atoms with E-state index in [2.05, 4.69) is 161 Å². The van der Waals surface area contributed by atoms with E-state index < -0.39 is 27.3 Å². The molecule has 0 aliphatic heterocycles. The van der Waals surface area contributed by atoms with E-state index in [0.717, 1.165) is 88.9 Å². The molecule has 0 spiro atoms. The Balaban J connectivity index is 0.000000217. The number of ether oxygens (including phenoxy) is 2. The zero-order valence-electron chi connectivity index (χ0n) is 64.4. The van der Waals surface area contributed by atoms with Crippen molar-refractivity contribution in [2.24, 2.45) is 0 Å². The van der Waals surface area contributed by atoms with Crippen molar-refractivity contribution in [1.29, 1.82) is 15.8 Å². The number of hydrogen-bond donors (Lipinski definition) is 4. The van der Waals surface area contributed by atoms with Crippen LogP contribution in [0.2, 0.25) is 0 Å². The molecule has 5 aromatic heterocycles. The van der Waals surface area contributed by atoms with E-state index in [0.29, 0.717) is 41.1 Å². The van der Waals surface area contributed by atoms with Crippen molar-refractivity contribution in [1.82, 2.24) is 24.9 Å². The maximum Gasteiger partial charge on any atom is 1.00 e. The zero-order valence-corrected chi connectivity index (χ0v) is 73.8. The van der Waals surface area contributed by atoms with Crippen molar-refractivity contribution in [3.8, 4) is 51.6 Å². The van der Waals surface area contributed by atoms with Crippen LogP contribution in [0.15, 0.2) is 279 Å². The van der Waals surface area contributed by atoms with Crippen LogP contribution in [0.3, 0.4) is 0 Å². The number of aliphatic carboxylic acids is 1. The van der Waals surface area contributed by atoms with Crippen molar-refractivity contribution in [3.63, 3.8) is 0 Å². The van der Waals surface area contributed by atoms with Crippen LogP contribution in [0.25, 0.3) is 92.1 Å². The number of pyridine rings is 5. The predicted molar refractivity (Wildman–Crippen MR) is 483 cm³/mol. The van der Waals surface area contributed by atoms with Gasteiger partial charge in [-0.1, -0.05) is 139 Å². The van der Waals surface area contributed by atoms with Gasteiger partial charge in [0.2, 0.25) is 0 Å². The predicted octanol–water partition coefficient (Wildman–Crippen LogP) is 19.1. The molecule has 0 saturated heterocycles. The van der Waals surface area contributed by atoms with Crippen LogP contribution < -0.4 is 24.3 Å². The molecule has 4 N–H and O–H groups in total. The third-order valence-corrected chi connectivity index (χ3v) is 21.4. The Morgan fingerprint density at radius 1 is 0.483 bits per heavy atom. The third-order valence-electron chi connectivity index (χ3n) is 16.6. The number of nitriles is 3. The summed E-state index contributed by atoms with van der Waals surface area (Å²) in [6.07, 6.45) is 18.4. The molecule has 18 nitrogen and oxygen atoms in total. The number of nitrogens with zero attached hydrogens (tertiary/aromatic N) is 9. The summed E-state index contributed by atoms with van der Waals surface area (Å²) < 4.78 is 12.1. The largest absolute Gasteiger partial charge is 1.00 e. The van der Waals surface area contributed by atoms with E-state index in [4.69, 9.17) is 41.9 Å². The van der Waals surface area contributed by atoms with E-state index in [1.54, 1.807) is 89.6 Å². The normalized spacial score (nSPS) is 10.5. The van der Waals surface area contributed by atoms with E-state index in [1.165, 1.54) is 60.8 Å². The summed E-state index contributed by atoms with van der Waals surface area (Å²) >= 11 is 19.5. The number of benzene rings is 9. The molecule has 0 aliphatic rings. The maximum absolute atomic E-state index is 12.2. The molecule has 0 amide bonds. The molecule has 0 radical (unpaired) electrons. The molecule has 0 saturated carbocycles. The summed E-state index contributed by atoms with van der Waals surface area (Å²) in [6.45, 7) is 21.5. The Labute approximate surface area is 739 Å². The van der Waals surface area contributed by atoms with Gasteiger partial charge in [-0.2, -0.15) is 28.4 Å². The number of aromatic nitrogens is 5. The number of thiol groups is 1. The van der Waals surface area contributed by atoms with Gasteiger partial charge in [-0.3, -0.25) is 39.3 Å². The number of fused-ring (bicyclic) bond motifs is 5. The summed E-state index contributed by atoms with van der Waals surface area (Å²) in [7, 11) is -1.45. The number of carboxylic acids is 1. The van der Waals surface area contributed by atoms with Crippen molar-refractivity contribution < 1.29 is 63.3 Å². The Morgan fingerprint density at radius 3 is 1.23 bits per heavy atom. The minimum absolute atomic E-state index is 0. The zero-order chi connectivity index (χ0) is 82.7. The molecule has 0 bridgehead atoms. The standard InChI is InChI=1S/C22H20N2O2S.C20H16N2O2S.C16H9BrN2.C9H5BrIN.C9H6BrN.C7H6BNO2.C6H12O2S.Li.H2O/c1-4-26-21(25)22(2,3)27-18-10-9-17-13-24-14-20(19(17)11-18)16-7-5-15(12-23)6-8-16;1-20(2,19(23)24)25-16-8-7-15-11-22-12-18(17(15)9-16)14-5-3-13(10-21)4-6-14;17-14-6-5-13-9-19-10-16(15(13)7-14)12-3-1-11(8-18)2-4-12;10-7-2-1-6-4-12-5-9(11)8(6)3-7;10-9-2-1-8-6-11-4-3-7(8)5-9;1-9-7-4-2-6(3-5-7)8(10)11;1-4-8-5(7)6(2,3)9;;/h5-11,13-14H,4H2,1-3H3;3-9,11-12H,1-2H3,(H,23,24);1-7,9-10H;1-5H;1-6H;2-5,10-11H;9H,4H2,1-3H3;;1H2/q;;;;;;;+1;/p-1. The number of thioether (sulfide) groups is 2. The number of hydrogen-bond acceptors (Lipinski definition) is 19. The molecule has 5 heterocycles. The summed E-state index contributed by atoms with van der Waals surface area (Å²) in [5.74, 6) is -1.34. The topological polar surface area (TPSA) is 301 Å². The van der Waals surface area contributed by atoms with Gasteiger partial charge in [-0.15, -0.1) is 23.5 Å². The van der Waals surface area contributed by atoms with Gasteiger partial charge < -0.3 is 30.1 Å². The van der Waals surface area contributed by atoms with Crippen LogP contribution in [-0.4, -0.2) is 98.0 Å². The van der Waals surface area contributed by atoms with Gasteiger partial charge in [0.25, 0.3) is 0 Å². The van der Waals surface area contributed by atoms with Crippen LogP contribution in [0.5, 0.6) is 0 Å². The molecule has 9 aromatic carbocycles. The molecule has 0 unspecified atom stereocenters. The van der Waals surface area contributed by atoms with Crippen molar-refractivity contribution in [2.45, 2.75) is 79.4 Å². The number of carboxylic acid groups (broad SMARTS) is 1. The molecule has 580 valence electrons. The molecule has 27 heteroatoms. The van der Waals surface area contributed by atoms with E-state index in [1.807, 2.05) is 179 Å². The van der Waals surface area contributed by atoms with Gasteiger partial charge in [0, 0.05) is 132 Å². The van der Waals surface area contributed by atoms with E-state index >= 15 is 0 Å². The Bertz CT molecular complexity index is 5920. The third kappa shape index (κ3) is 27.7. The van der Waals surface area contributed by atoms with Crippen LogP contribution >= 0.6 is 107 Å². The molecule has 0 atom stereocenters.